The lowest BCUT2D eigenvalue weighted by molar-refractivity contribution is 0.411. The molecule has 1 heteroatoms. The lowest BCUT2D eigenvalue weighted by Gasteiger charge is -2.31. The van der Waals surface area contributed by atoms with Gasteiger partial charge in [-0.05, 0) is 48.8 Å². The van der Waals surface area contributed by atoms with Gasteiger partial charge in [0.2, 0.25) is 0 Å². The molecule has 0 amide bonds. The molecule has 0 heterocycles. The first-order chi connectivity index (χ1) is 8.38. The molecule has 2 aliphatic carbocycles. The third kappa shape index (κ3) is 2.04. The molecule has 0 aliphatic heterocycles. The van der Waals surface area contributed by atoms with Crippen LogP contribution in [0.1, 0.15) is 31.7 Å². The number of benzene rings is 1. The monoisotopic (exact) mass is 227 g/mol. The Labute approximate surface area is 104 Å². The minimum Gasteiger partial charge on any atom is -0.310 e. The van der Waals surface area contributed by atoms with E-state index in [2.05, 4.69) is 48.6 Å². The van der Waals surface area contributed by atoms with Gasteiger partial charge >= 0.3 is 0 Å². The van der Waals surface area contributed by atoms with Gasteiger partial charge in [0, 0.05) is 6.04 Å². The van der Waals surface area contributed by atoms with Crippen LogP contribution in [-0.4, -0.2) is 12.6 Å². The minimum absolute atomic E-state index is 0.584. The van der Waals surface area contributed by atoms with E-state index in [9.17, 15) is 0 Å². The fourth-order valence-electron chi connectivity index (χ4n) is 3.52. The molecule has 1 aromatic rings. The van der Waals surface area contributed by atoms with Crippen LogP contribution < -0.4 is 5.32 Å². The zero-order valence-electron chi connectivity index (χ0n) is 10.5. The molecule has 0 aromatic heterocycles. The second kappa shape index (κ2) is 4.66. The summed E-state index contributed by atoms with van der Waals surface area (Å²) in [6, 6.07) is 11.5. The molecule has 1 N–H and O–H groups in total. The van der Waals surface area contributed by atoms with Crippen molar-refractivity contribution in [2.75, 3.05) is 6.54 Å². The molecule has 17 heavy (non-hydrogen) atoms. The minimum atomic E-state index is 0.584. The smallest absolute Gasteiger partial charge is 0.0351 e. The van der Waals surface area contributed by atoms with Crippen molar-refractivity contribution in [3.05, 3.63) is 42.0 Å². The quantitative estimate of drug-likeness (QED) is 0.833. The van der Waals surface area contributed by atoms with Crippen LogP contribution >= 0.6 is 0 Å². The summed E-state index contributed by atoms with van der Waals surface area (Å²) >= 11 is 0. The average Bonchev–Trinajstić information content (AvgIpc) is 2.77. The Morgan fingerprint density at radius 2 is 2.00 bits per heavy atom. The van der Waals surface area contributed by atoms with E-state index in [1.807, 2.05) is 0 Å². The molecule has 3 atom stereocenters. The fraction of sp³-hybridized carbons (Fsp3) is 0.500. The predicted octanol–water partition coefficient (Wildman–Crippen LogP) is 3.48. The lowest BCUT2D eigenvalue weighted by atomic mass is 9.81. The van der Waals surface area contributed by atoms with Gasteiger partial charge in [-0.2, -0.15) is 0 Å². The summed E-state index contributed by atoms with van der Waals surface area (Å²) in [5, 5.41) is 3.69. The highest BCUT2D eigenvalue weighted by molar-refractivity contribution is 5.71. The standard InChI is InChI=1S/C16H21N/c1-2-17-16-14-9-8-12(10-14)11-15(16)13-6-4-3-5-7-13/h3-7,11-12,14,16-17H,2,8-10H2,1H3/t12-,14-,16+/m0/s1. The zero-order valence-corrected chi connectivity index (χ0v) is 10.5. The molecule has 1 aromatic carbocycles. The van der Waals surface area contributed by atoms with Gasteiger partial charge in [-0.3, -0.25) is 0 Å². The first kappa shape index (κ1) is 11.0. The molecule has 0 spiro atoms. The Hall–Kier alpha value is -1.08. The average molecular weight is 227 g/mol. The maximum Gasteiger partial charge on any atom is 0.0351 e. The summed E-state index contributed by atoms with van der Waals surface area (Å²) in [6.45, 7) is 3.28. The molecule has 1 saturated carbocycles. The zero-order chi connectivity index (χ0) is 11.7. The van der Waals surface area contributed by atoms with Crippen molar-refractivity contribution in [2.24, 2.45) is 11.8 Å². The first-order valence-electron chi connectivity index (χ1n) is 6.89. The molecule has 0 unspecified atom stereocenters. The van der Waals surface area contributed by atoms with Crippen LogP contribution in [0.4, 0.5) is 0 Å². The van der Waals surface area contributed by atoms with Crippen LogP contribution in [0.25, 0.3) is 5.57 Å². The predicted molar refractivity (Wildman–Crippen MR) is 72.7 cm³/mol. The number of rotatable bonds is 3. The van der Waals surface area contributed by atoms with E-state index in [0.717, 1.165) is 18.4 Å². The van der Waals surface area contributed by atoms with Gasteiger partial charge in [-0.1, -0.05) is 43.3 Å². The summed E-state index contributed by atoms with van der Waals surface area (Å²) in [4.78, 5) is 0. The van der Waals surface area contributed by atoms with Crippen molar-refractivity contribution in [3.63, 3.8) is 0 Å². The van der Waals surface area contributed by atoms with Crippen LogP contribution in [0, 0.1) is 11.8 Å². The Morgan fingerprint density at radius 1 is 1.18 bits per heavy atom. The van der Waals surface area contributed by atoms with Crippen molar-refractivity contribution in [1.29, 1.82) is 0 Å². The Morgan fingerprint density at radius 3 is 2.76 bits per heavy atom. The Bertz CT molecular complexity index is 407. The van der Waals surface area contributed by atoms with E-state index in [4.69, 9.17) is 0 Å². The molecule has 3 rings (SSSR count). The normalized spacial score (nSPS) is 31.4. The molecule has 2 bridgehead atoms. The Kier molecular flexibility index (Phi) is 3.02. The van der Waals surface area contributed by atoms with E-state index in [1.165, 1.54) is 24.8 Å². The van der Waals surface area contributed by atoms with Gasteiger partial charge in [0.15, 0.2) is 0 Å². The number of nitrogens with one attached hydrogen (secondary N) is 1. The third-order valence-electron chi connectivity index (χ3n) is 4.27. The summed E-state index contributed by atoms with van der Waals surface area (Å²) in [6.07, 6.45) is 6.72. The van der Waals surface area contributed by atoms with E-state index < -0.39 is 0 Å². The SMILES string of the molecule is CCN[C@H]1C(c2ccccc2)=C[C@H]2CC[C@H]1C2. The number of allylic oxidation sites excluding steroid dienone is 1. The Balaban J connectivity index is 1.95. The van der Waals surface area contributed by atoms with Crippen LogP contribution in [0.15, 0.2) is 36.4 Å². The van der Waals surface area contributed by atoms with Gasteiger partial charge in [0.25, 0.3) is 0 Å². The third-order valence-corrected chi connectivity index (χ3v) is 4.27. The molecule has 0 radical (unpaired) electrons. The highest BCUT2D eigenvalue weighted by Gasteiger charge is 2.36. The number of hydrogen-bond donors (Lipinski definition) is 1. The van der Waals surface area contributed by atoms with Gasteiger partial charge in [-0.25, -0.2) is 0 Å². The van der Waals surface area contributed by atoms with E-state index in [-0.39, 0.29) is 0 Å². The largest absolute Gasteiger partial charge is 0.310 e. The second-order valence-electron chi connectivity index (χ2n) is 5.36. The van der Waals surface area contributed by atoms with Gasteiger partial charge in [-0.15, -0.1) is 0 Å². The maximum absolute atomic E-state index is 3.69. The van der Waals surface area contributed by atoms with E-state index >= 15 is 0 Å². The van der Waals surface area contributed by atoms with Crippen LogP contribution in [0.3, 0.4) is 0 Å². The number of fused-ring (bicyclic) bond motifs is 2. The molecule has 0 saturated heterocycles. The first-order valence-corrected chi connectivity index (χ1v) is 6.89. The topological polar surface area (TPSA) is 12.0 Å². The molecular weight excluding hydrogens is 206 g/mol. The van der Waals surface area contributed by atoms with Crippen LogP contribution in [-0.2, 0) is 0 Å². The van der Waals surface area contributed by atoms with Crippen molar-refractivity contribution in [2.45, 2.75) is 32.2 Å². The number of likely N-dealkylation sites (N-methyl/N-ethyl adjacent to an activating group) is 1. The second-order valence-corrected chi connectivity index (χ2v) is 5.36. The lowest BCUT2D eigenvalue weighted by Crippen LogP contribution is -2.37. The van der Waals surface area contributed by atoms with Crippen molar-refractivity contribution in [3.8, 4) is 0 Å². The molecule has 2 aliphatic rings. The van der Waals surface area contributed by atoms with E-state index in [0.29, 0.717) is 6.04 Å². The summed E-state index contributed by atoms with van der Waals surface area (Å²) in [5.74, 6) is 1.70. The van der Waals surface area contributed by atoms with Crippen LogP contribution in [0.5, 0.6) is 0 Å². The highest BCUT2D eigenvalue weighted by atomic mass is 14.9. The van der Waals surface area contributed by atoms with Crippen molar-refractivity contribution >= 4 is 5.57 Å². The molecular formula is C16H21N. The molecule has 1 nitrogen and oxygen atoms in total. The number of hydrogen-bond acceptors (Lipinski definition) is 1. The van der Waals surface area contributed by atoms with Crippen molar-refractivity contribution < 1.29 is 0 Å². The fourth-order valence-corrected chi connectivity index (χ4v) is 3.52. The summed E-state index contributed by atoms with van der Waals surface area (Å²) in [5.41, 5.74) is 2.96. The van der Waals surface area contributed by atoms with Crippen molar-refractivity contribution in [1.82, 2.24) is 5.32 Å². The van der Waals surface area contributed by atoms with Crippen LogP contribution in [0.2, 0.25) is 0 Å². The van der Waals surface area contributed by atoms with Gasteiger partial charge in [0.05, 0.1) is 0 Å². The maximum atomic E-state index is 3.69. The van der Waals surface area contributed by atoms with E-state index in [1.54, 1.807) is 5.57 Å². The highest BCUT2D eigenvalue weighted by Crippen LogP contribution is 2.44. The summed E-state index contributed by atoms with van der Waals surface area (Å²) < 4.78 is 0. The molecule has 1 fully saturated rings. The van der Waals surface area contributed by atoms with Gasteiger partial charge in [0.1, 0.15) is 0 Å². The summed E-state index contributed by atoms with van der Waals surface area (Å²) in [7, 11) is 0. The molecule has 90 valence electrons. The van der Waals surface area contributed by atoms with Gasteiger partial charge < -0.3 is 5.32 Å².